The molecule has 0 aliphatic heterocycles. The topological polar surface area (TPSA) is 24.1 Å². The maximum Gasteiger partial charge on any atom is 0.171 e. The van der Waals surface area contributed by atoms with Crippen LogP contribution in [0, 0.1) is 19.7 Å². The van der Waals surface area contributed by atoms with Gasteiger partial charge in [-0.3, -0.25) is 0 Å². The molecule has 0 aliphatic rings. The lowest BCUT2D eigenvalue weighted by atomic mass is 10.1. The second-order valence-corrected chi connectivity index (χ2v) is 5.16. The fraction of sp³-hybridized carbons (Fsp3) is 0.188. The van der Waals surface area contributed by atoms with Gasteiger partial charge in [-0.1, -0.05) is 35.9 Å². The number of hydrogen-bond donors (Lipinski definition) is 2. The second kappa shape index (κ2) is 6.48. The Hall–Kier alpha value is -1.94. The van der Waals surface area contributed by atoms with Crippen LogP contribution in [-0.4, -0.2) is 5.11 Å². The van der Waals surface area contributed by atoms with Crippen molar-refractivity contribution in [1.82, 2.24) is 5.32 Å². The molecule has 0 heterocycles. The van der Waals surface area contributed by atoms with E-state index in [-0.39, 0.29) is 5.82 Å². The number of benzene rings is 2. The third kappa shape index (κ3) is 4.03. The van der Waals surface area contributed by atoms with Crippen molar-refractivity contribution in [1.29, 1.82) is 0 Å². The Morgan fingerprint density at radius 2 is 1.80 bits per heavy atom. The minimum atomic E-state index is -0.278. The van der Waals surface area contributed by atoms with Gasteiger partial charge in [0.25, 0.3) is 0 Å². The predicted molar refractivity (Wildman–Crippen MR) is 85.4 cm³/mol. The first kappa shape index (κ1) is 14.5. The molecule has 0 bridgehead atoms. The molecule has 0 unspecified atom stereocenters. The maximum atomic E-state index is 13.2. The molecule has 0 aliphatic carbocycles. The van der Waals surface area contributed by atoms with E-state index in [1.807, 2.05) is 6.92 Å². The molecule has 0 spiro atoms. The molecule has 4 heteroatoms. The number of nitrogens with one attached hydrogen (secondary N) is 2. The third-order valence-electron chi connectivity index (χ3n) is 3.02. The third-order valence-corrected chi connectivity index (χ3v) is 3.27. The average Bonchev–Trinajstić information content (AvgIpc) is 2.42. The van der Waals surface area contributed by atoms with Gasteiger partial charge < -0.3 is 10.6 Å². The van der Waals surface area contributed by atoms with Gasteiger partial charge in [0.05, 0.1) is 0 Å². The Morgan fingerprint density at radius 3 is 2.50 bits per heavy atom. The summed E-state index contributed by atoms with van der Waals surface area (Å²) in [5, 5.41) is 6.61. The standard InChI is InChI=1S/C16H17FN2S/c1-11-3-6-13(7-4-11)10-18-16(20)19-15-9-14(17)8-5-12(15)2/h3-9H,10H2,1-2H3,(H2,18,19,20). The number of hydrogen-bond acceptors (Lipinski definition) is 1. The van der Waals surface area contributed by atoms with Crippen molar-refractivity contribution in [3.8, 4) is 0 Å². The predicted octanol–water partition coefficient (Wildman–Crippen LogP) is 3.93. The summed E-state index contributed by atoms with van der Waals surface area (Å²) in [5.41, 5.74) is 4.01. The van der Waals surface area contributed by atoms with Crippen LogP contribution >= 0.6 is 12.2 Å². The zero-order chi connectivity index (χ0) is 14.5. The molecule has 2 rings (SSSR count). The molecular weight excluding hydrogens is 271 g/mol. The number of halogens is 1. The van der Waals surface area contributed by atoms with Crippen LogP contribution in [-0.2, 0) is 6.54 Å². The molecule has 2 nitrogen and oxygen atoms in total. The molecule has 0 aromatic heterocycles. The molecule has 2 aromatic rings. The fourth-order valence-electron chi connectivity index (χ4n) is 1.78. The Bertz CT molecular complexity index is 608. The van der Waals surface area contributed by atoms with Crippen LogP contribution in [0.15, 0.2) is 42.5 Å². The molecule has 0 atom stereocenters. The van der Waals surface area contributed by atoms with Crippen LogP contribution in [0.3, 0.4) is 0 Å². The molecule has 104 valence electrons. The summed E-state index contributed by atoms with van der Waals surface area (Å²) in [6.45, 7) is 4.60. The average molecular weight is 288 g/mol. The lowest BCUT2D eigenvalue weighted by Gasteiger charge is -2.12. The van der Waals surface area contributed by atoms with Crippen molar-refractivity contribution in [3.05, 3.63) is 65.0 Å². The van der Waals surface area contributed by atoms with Gasteiger partial charge in [0, 0.05) is 12.2 Å². The minimum Gasteiger partial charge on any atom is -0.358 e. The van der Waals surface area contributed by atoms with E-state index in [1.165, 1.54) is 17.7 Å². The van der Waals surface area contributed by atoms with Crippen molar-refractivity contribution in [2.45, 2.75) is 20.4 Å². The smallest absolute Gasteiger partial charge is 0.171 e. The first-order valence-corrected chi connectivity index (χ1v) is 6.82. The molecule has 20 heavy (non-hydrogen) atoms. The van der Waals surface area contributed by atoms with Gasteiger partial charge in [-0.2, -0.15) is 0 Å². The zero-order valence-corrected chi connectivity index (χ0v) is 12.4. The van der Waals surface area contributed by atoms with Gasteiger partial charge in [0.1, 0.15) is 5.82 Å². The molecular formula is C16H17FN2S. The molecule has 0 saturated carbocycles. The van der Waals surface area contributed by atoms with Crippen LogP contribution in [0.4, 0.5) is 10.1 Å². The van der Waals surface area contributed by atoms with E-state index in [2.05, 4.69) is 41.8 Å². The molecule has 0 radical (unpaired) electrons. The summed E-state index contributed by atoms with van der Waals surface area (Å²) in [5.74, 6) is -0.278. The van der Waals surface area contributed by atoms with E-state index >= 15 is 0 Å². The monoisotopic (exact) mass is 288 g/mol. The van der Waals surface area contributed by atoms with Crippen LogP contribution < -0.4 is 10.6 Å². The van der Waals surface area contributed by atoms with E-state index in [1.54, 1.807) is 6.07 Å². The van der Waals surface area contributed by atoms with Crippen molar-refractivity contribution >= 4 is 23.0 Å². The molecule has 0 amide bonds. The Kier molecular flexibility index (Phi) is 4.69. The van der Waals surface area contributed by atoms with E-state index in [4.69, 9.17) is 12.2 Å². The van der Waals surface area contributed by atoms with Gasteiger partial charge >= 0.3 is 0 Å². The first-order valence-electron chi connectivity index (χ1n) is 6.41. The minimum absolute atomic E-state index is 0.278. The second-order valence-electron chi connectivity index (χ2n) is 4.75. The lowest BCUT2D eigenvalue weighted by Crippen LogP contribution is -2.28. The highest BCUT2D eigenvalue weighted by molar-refractivity contribution is 7.80. The number of rotatable bonds is 3. The highest BCUT2D eigenvalue weighted by atomic mass is 32.1. The number of thiocarbonyl (C=S) groups is 1. The van der Waals surface area contributed by atoms with Crippen molar-refractivity contribution in [2.24, 2.45) is 0 Å². The first-order chi connectivity index (χ1) is 9.54. The Morgan fingerprint density at radius 1 is 1.10 bits per heavy atom. The molecule has 0 fully saturated rings. The Labute approximate surface area is 124 Å². The Balaban J connectivity index is 1.92. The van der Waals surface area contributed by atoms with Crippen LogP contribution in [0.2, 0.25) is 0 Å². The number of anilines is 1. The van der Waals surface area contributed by atoms with Crippen molar-refractivity contribution in [2.75, 3.05) is 5.32 Å². The van der Waals surface area contributed by atoms with Gasteiger partial charge in [-0.25, -0.2) is 4.39 Å². The zero-order valence-electron chi connectivity index (χ0n) is 11.5. The van der Waals surface area contributed by atoms with Gasteiger partial charge in [-0.05, 0) is 49.3 Å². The highest BCUT2D eigenvalue weighted by Gasteiger charge is 2.03. The summed E-state index contributed by atoms with van der Waals surface area (Å²) in [7, 11) is 0. The normalized spacial score (nSPS) is 10.2. The quantitative estimate of drug-likeness (QED) is 0.837. The van der Waals surface area contributed by atoms with Gasteiger partial charge in [0.15, 0.2) is 5.11 Å². The van der Waals surface area contributed by atoms with Crippen LogP contribution in [0.5, 0.6) is 0 Å². The summed E-state index contributed by atoms with van der Waals surface area (Å²) < 4.78 is 13.2. The van der Waals surface area contributed by atoms with Crippen LogP contribution in [0.1, 0.15) is 16.7 Å². The summed E-state index contributed by atoms with van der Waals surface area (Å²) >= 11 is 5.22. The van der Waals surface area contributed by atoms with E-state index in [0.717, 1.165) is 11.1 Å². The van der Waals surface area contributed by atoms with Crippen molar-refractivity contribution in [3.63, 3.8) is 0 Å². The fourth-order valence-corrected chi connectivity index (χ4v) is 1.97. The van der Waals surface area contributed by atoms with E-state index in [9.17, 15) is 4.39 Å². The highest BCUT2D eigenvalue weighted by Crippen LogP contribution is 2.15. The number of aryl methyl sites for hydroxylation is 2. The largest absolute Gasteiger partial charge is 0.358 e. The maximum absolute atomic E-state index is 13.2. The van der Waals surface area contributed by atoms with Crippen molar-refractivity contribution < 1.29 is 4.39 Å². The van der Waals surface area contributed by atoms with Gasteiger partial charge in [0.2, 0.25) is 0 Å². The SMILES string of the molecule is Cc1ccc(CNC(=S)Nc2cc(F)ccc2C)cc1. The molecule has 2 N–H and O–H groups in total. The summed E-state index contributed by atoms with van der Waals surface area (Å²) in [6, 6.07) is 12.8. The summed E-state index contributed by atoms with van der Waals surface area (Å²) in [6.07, 6.45) is 0. The van der Waals surface area contributed by atoms with E-state index in [0.29, 0.717) is 17.3 Å². The summed E-state index contributed by atoms with van der Waals surface area (Å²) in [4.78, 5) is 0. The molecule has 0 saturated heterocycles. The molecule has 2 aromatic carbocycles. The lowest BCUT2D eigenvalue weighted by molar-refractivity contribution is 0.628. The van der Waals surface area contributed by atoms with Crippen LogP contribution in [0.25, 0.3) is 0 Å². The van der Waals surface area contributed by atoms with E-state index < -0.39 is 0 Å². The van der Waals surface area contributed by atoms with Gasteiger partial charge in [-0.15, -0.1) is 0 Å².